The fraction of sp³-hybridized carbons (Fsp3) is 0.542. The molecule has 4 unspecified atom stereocenters. The number of carboxylic acids is 2. The van der Waals surface area contributed by atoms with Gasteiger partial charge in [0.1, 0.15) is 18.1 Å². The van der Waals surface area contributed by atoms with E-state index in [1.54, 1.807) is 30.3 Å². The summed E-state index contributed by atoms with van der Waals surface area (Å²) in [5, 5.41) is 26.1. The minimum atomic E-state index is -1.56. The first-order valence-electron chi connectivity index (χ1n) is 11.9. The number of thioether (sulfide) groups is 1. The summed E-state index contributed by atoms with van der Waals surface area (Å²) in [5.41, 5.74) is 12.0. The van der Waals surface area contributed by atoms with Crippen LogP contribution in [0.4, 0.5) is 0 Å². The van der Waals surface area contributed by atoms with Crippen LogP contribution in [0, 0.1) is 0 Å². The summed E-state index contributed by atoms with van der Waals surface area (Å²) in [7, 11) is 0. The van der Waals surface area contributed by atoms with E-state index in [0.717, 1.165) is 0 Å². The normalized spacial score (nSPS) is 14.0. The molecule has 1 rings (SSSR count). The SMILES string of the molecule is CSCCC(NC(=O)C(N)CCCCN)C(=O)NC(CC(=O)O)C(=O)NC(Cc1ccccc1)C(=O)O. The van der Waals surface area contributed by atoms with Crippen LogP contribution in [0.15, 0.2) is 30.3 Å². The topological polar surface area (TPSA) is 214 Å². The van der Waals surface area contributed by atoms with Crippen molar-refractivity contribution in [2.75, 3.05) is 18.6 Å². The Bertz CT molecular complexity index is 903. The van der Waals surface area contributed by atoms with E-state index in [1.807, 2.05) is 6.26 Å². The van der Waals surface area contributed by atoms with Crippen LogP contribution in [0.1, 0.15) is 37.7 Å². The largest absolute Gasteiger partial charge is 0.481 e. The molecule has 0 bridgehead atoms. The van der Waals surface area contributed by atoms with Crippen LogP contribution in [0.5, 0.6) is 0 Å². The first kappa shape index (κ1) is 31.9. The van der Waals surface area contributed by atoms with Gasteiger partial charge < -0.3 is 37.6 Å². The molecule has 0 saturated heterocycles. The van der Waals surface area contributed by atoms with Crippen molar-refractivity contribution in [3.05, 3.63) is 35.9 Å². The predicted octanol–water partition coefficient (Wildman–Crippen LogP) is -0.548. The zero-order valence-corrected chi connectivity index (χ0v) is 21.7. The minimum Gasteiger partial charge on any atom is -0.481 e. The molecule has 0 aliphatic carbocycles. The maximum atomic E-state index is 13.0. The van der Waals surface area contributed by atoms with E-state index < -0.39 is 60.2 Å². The highest BCUT2D eigenvalue weighted by Crippen LogP contribution is 2.07. The monoisotopic (exact) mass is 539 g/mol. The van der Waals surface area contributed by atoms with Crippen molar-refractivity contribution in [1.29, 1.82) is 0 Å². The molecule has 1 aromatic carbocycles. The van der Waals surface area contributed by atoms with Gasteiger partial charge in [-0.2, -0.15) is 11.8 Å². The molecule has 0 aliphatic heterocycles. The third kappa shape index (κ3) is 12.6. The Morgan fingerprint density at radius 2 is 1.46 bits per heavy atom. The molecule has 1 aromatic rings. The van der Waals surface area contributed by atoms with Crippen molar-refractivity contribution in [2.45, 2.75) is 62.7 Å². The highest BCUT2D eigenvalue weighted by Gasteiger charge is 2.31. The van der Waals surface area contributed by atoms with E-state index in [9.17, 15) is 34.2 Å². The molecule has 0 radical (unpaired) electrons. The fourth-order valence-corrected chi connectivity index (χ4v) is 3.87. The molecule has 9 N–H and O–H groups in total. The molecule has 0 fully saturated rings. The Morgan fingerprint density at radius 3 is 2.03 bits per heavy atom. The number of aliphatic carboxylic acids is 2. The number of unbranched alkanes of at least 4 members (excludes halogenated alkanes) is 1. The minimum absolute atomic E-state index is 0.0376. The van der Waals surface area contributed by atoms with Crippen molar-refractivity contribution in [3.8, 4) is 0 Å². The summed E-state index contributed by atoms with van der Waals surface area (Å²) in [6.45, 7) is 0.466. The van der Waals surface area contributed by atoms with Gasteiger partial charge in [0.2, 0.25) is 17.7 Å². The third-order valence-electron chi connectivity index (χ3n) is 5.46. The zero-order valence-electron chi connectivity index (χ0n) is 20.9. The molecule has 4 atom stereocenters. The van der Waals surface area contributed by atoms with Crippen molar-refractivity contribution >= 4 is 41.4 Å². The Kier molecular flexibility index (Phi) is 14.9. The maximum absolute atomic E-state index is 13.0. The van der Waals surface area contributed by atoms with Crippen LogP contribution in [0.2, 0.25) is 0 Å². The summed E-state index contributed by atoms with van der Waals surface area (Å²) >= 11 is 1.43. The van der Waals surface area contributed by atoms with Gasteiger partial charge in [-0.15, -0.1) is 0 Å². The summed E-state index contributed by atoms with van der Waals surface area (Å²) in [6.07, 6.45) is 2.92. The van der Waals surface area contributed by atoms with E-state index >= 15 is 0 Å². The van der Waals surface area contributed by atoms with Crippen LogP contribution in [0.25, 0.3) is 0 Å². The maximum Gasteiger partial charge on any atom is 0.326 e. The lowest BCUT2D eigenvalue weighted by Gasteiger charge is -2.24. The number of nitrogens with one attached hydrogen (secondary N) is 3. The van der Waals surface area contributed by atoms with E-state index in [1.165, 1.54) is 11.8 Å². The number of carbonyl (C=O) groups excluding carboxylic acids is 3. The molecule has 13 heteroatoms. The Balaban J connectivity index is 2.94. The number of benzene rings is 1. The van der Waals surface area contributed by atoms with Gasteiger partial charge >= 0.3 is 11.9 Å². The van der Waals surface area contributed by atoms with Crippen LogP contribution < -0.4 is 27.4 Å². The van der Waals surface area contributed by atoms with Gasteiger partial charge in [-0.05, 0) is 43.4 Å². The van der Waals surface area contributed by atoms with Gasteiger partial charge in [0.15, 0.2) is 0 Å². The molecule has 12 nitrogen and oxygen atoms in total. The van der Waals surface area contributed by atoms with Gasteiger partial charge in [0.05, 0.1) is 12.5 Å². The standard InChI is InChI=1S/C24H37N5O7S/c1-37-12-10-17(27-21(32)16(26)9-5-6-11-25)22(33)28-18(14-20(30)31)23(34)29-19(24(35)36)13-15-7-3-2-4-8-15/h2-4,7-8,16-19H,5-6,9-14,25-26H2,1H3,(H,27,32)(H,28,33)(H,29,34)(H,30,31)(H,35,36). The van der Waals surface area contributed by atoms with Gasteiger partial charge in [0.25, 0.3) is 0 Å². The van der Waals surface area contributed by atoms with E-state index in [-0.39, 0.29) is 12.8 Å². The number of hydrogen-bond acceptors (Lipinski definition) is 8. The highest BCUT2D eigenvalue weighted by atomic mass is 32.2. The summed E-state index contributed by atoms with van der Waals surface area (Å²) in [5.74, 6) is -4.48. The van der Waals surface area contributed by atoms with Gasteiger partial charge in [-0.1, -0.05) is 36.8 Å². The molecule has 206 valence electrons. The molecular formula is C24H37N5O7S. The smallest absolute Gasteiger partial charge is 0.326 e. The van der Waals surface area contributed by atoms with Gasteiger partial charge in [0, 0.05) is 6.42 Å². The number of rotatable bonds is 18. The average Bonchev–Trinajstić information content (AvgIpc) is 2.85. The molecule has 37 heavy (non-hydrogen) atoms. The van der Waals surface area contributed by atoms with Crippen LogP contribution in [-0.4, -0.2) is 82.6 Å². The summed E-state index contributed by atoms with van der Waals surface area (Å²) < 4.78 is 0. The first-order chi connectivity index (χ1) is 17.6. The second kappa shape index (κ2) is 17.3. The Labute approximate surface area is 220 Å². The van der Waals surface area contributed by atoms with E-state index in [4.69, 9.17) is 11.5 Å². The lowest BCUT2D eigenvalue weighted by Crippen LogP contribution is -2.57. The van der Waals surface area contributed by atoms with E-state index in [0.29, 0.717) is 37.1 Å². The van der Waals surface area contributed by atoms with Crippen molar-refractivity contribution in [3.63, 3.8) is 0 Å². The van der Waals surface area contributed by atoms with E-state index in [2.05, 4.69) is 16.0 Å². The number of carbonyl (C=O) groups is 5. The third-order valence-corrected chi connectivity index (χ3v) is 6.10. The average molecular weight is 540 g/mol. The molecular weight excluding hydrogens is 502 g/mol. The Morgan fingerprint density at radius 1 is 0.865 bits per heavy atom. The Hall–Kier alpha value is -3.16. The van der Waals surface area contributed by atoms with Crippen LogP contribution in [0.3, 0.4) is 0 Å². The van der Waals surface area contributed by atoms with Crippen molar-refractivity contribution < 1.29 is 34.2 Å². The number of amides is 3. The number of nitrogens with two attached hydrogens (primary N) is 2. The van der Waals surface area contributed by atoms with Crippen LogP contribution >= 0.6 is 11.8 Å². The highest BCUT2D eigenvalue weighted by molar-refractivity contribution is 7.98. The molecule has 0 aromatic heterocycles. The lowest BCUT2D eigenvalue weighted by atomic mass is 10.0. The quantitative estimate of drug-likeness (QED) is 0.118. The second-order valence-electron chi connectivity index (χ2n) is 8.48. The van der Waals surface area contributed by atoms with Crippen molar-refractivity contribution in [2.24, 2.45) is 11.5 Å². The number of hydrogen-bond donors (Lipinski definition) is 7. The molecule has 0 spiro atoms. The second-order valence-corrected chi connectivity index (χ2v) is 9.47. The van der Waals surface area contributed by atoms with Gasteiger partial charge in [-0.3, -0.25) is 19.2 Å². The molecule has 0 heterocycles. The fourth-order valence-electron chi connectivity index (χ4n) is 3.40. The molecule has 0 saturated carbocycles. The predicted molar refractivity (Wildman–Crippen MR) is 140 cm³/mol. The van der Waals surface area contributed by atoms with Crippen molar-refractivity contribution in [1.82, 2.24) is 16.0 Å². The summed E-state index contributed by atoms with van der Waals surface area (Å²) in [6, 6.07) is 3.75. The molecule has 0 aliphatic rings. The number of carboxylic acid groups (broad SMARTS) is 2. The first-order valence-corrected chi connectivity index (χ1v) is 13.3. The zero-order chi connectivity index (χ0) is 27.8. The van der Waals surface area contributed by atoms with Crippen LogP contribution in [-0.2, 0) is 30.4 Å². The summed E-state index contributed by atoms with van der Waals surface area (Å²) in [4.78, 5) is 61.5. The molecule has 3 amide bonds. The lowest BCUT2D eigenvalue weighted by molar-refractivity contribution is -0.143. The van der Waals surface area contributed by atoms with Gasteiger partial charge in [-0.25, -0.2) is 4.79 Å².